The Hall–Kier alpha value is -0.0800. The lowest BCUT2D eigenvalue weighted by Gasteiger charge is -2.44. The van der Waals surface area contributed by atoms with E-state index in [9.17, 15) is 0 Å². The van der Waals surface area contributed by atoms with Crippen molar-refractivity contribution in [2.24, 2.45) is 23.2 Å². The average Bonchev–Trinajstić information content (AvgIpc) is 2.44. The maximum absolute atomic E-state index is 3.78. The lowest BCUT2D eigenvalue weighted by Crippen LogP contribution is -2.48. The highest BCUT2D eigenvalue weighted by atomic mass is 15.1. The largest absolute Gasteiger partial charge is 0.316 e. The summed E-state index contributed by atoms with van der Waals surface area (Å²) in [5, 5.41) is 3.78. The molecule has 0 aromatic heterocycles. The molecule has 1 saturated heterocycles. The van der Waals surface area contributed by atoms with E-state index in [0.29, 0.717) is 5.41 Å². The molecule has 2 fully saturated rings. The van der Waals surface area contributed by atoms with Crippen molar-refractivity contribution < 1.29 is 0 Å². The first-order valence-corrected chi connectivity index (χ1v) is 9.42. The van der Waals surface area contributed by atoms with Crippen LogP contribution in [0, 0.1) is 23.2 Å². The van der Waals surface area contributed by atoms with Gasteiger partial charge in [-0.15, -0.1) is 0 Å². The van der Waals surface area contributed by atoms with Crippen LogP contribution >= 0.6 is 0 Å². The second-order valence-electron chi connectivity index (χ2n) is 8.67. The molecular formula is C19H38N2. The predicted molar refractivity (Wildman–Crippen MR) is 92.6 cm³/mol. The van der Waals surface area contributed by atoms with E-state index in [-0.39, 0.29) is 0 Å². The number of hydrogen-bond donors (Lipinski definition) is 1. The molecule has 1 aliphatic carbocycles. The fourth-order valence-corrected chi connectivity index (χ4v) is 4.09. The minimum Gasteiger partial charge on any atom is -0.316 e. The van der Waals surface area contributed by atoms with Gasteiger partial charge in [0.15, 0.2) is 0 Å². The Morgan fingerprint density at radius 2 is 1.57 bits per heavy atom. The minimum absolute atomic E-state index is 0.558. The van der Waals surface area contributed by atoms with Crippen molar-refractivity contribution in [1.82, 2.24) is 10.2 Å². The number of nitrogens with zero attached hydrogens (tertiary/aromatic N) is 1. The van der Waals surface area contributed by atoms with E-state index in [4.69, 9.17) is 0 Å². The lowest BCUT2D eigenvalue weighted by molar-refractivity contribution is 0.0676. The van der Waals surface area contributed by atoms with Crippen molar-refractivity contribution in [1.29, 1.82) is 0 Å². The maximum Gasteiger partial charge on any atom is 0.00501 e. The van der Waals surface area contributed by atoms with Gasteiger partial charge < -0.3 is 10.2 Å². The van der Waals surface area contributed by atoms with E-state index in [1.54, 1.807) is 0 Å². The molecule has 124 valence electrons. The van der Waals surface area contributed by atoms with E-state index < -0.39 is 0 Å². The van der Waals surface area contributed by atoms with Crippen LogP contribution in [-0.4, -0.2) is 37.6 Å². The van der Waals surface area contributed by atoms with Crippen LogP contribution in [0.3, 0.4) is 0 Å². The third kappa shape index (κ3) is 5.56. The number of nitrogens with one attached hydrogen (secondary N) is 1. The van der Waals surface area contributed by atoms with Gasteiger partial charge in [0, 0.05) is 13.1 Å². The summed E-state index contributed by atoms with van der Waals surface area (Å²) in [5.74, 6) is 2.66. The van der Waals surface area contributed by atoms with Gasteiger partial charge in [-0.05, 0) is 68.5 Å². The molecule has 0 bridgehead atoms. The molecule has 1 heterocycles. The number of hydrogen-bond acceptors (Lipinski definition) is 2. The Bertz CT molecular complexity index is 284. The highest BCUT2D eigenvalue weighted by Crippen LogP contribution is 2.39. The van der Waals surface area contributed by atoms with Crippen molar-refractivity contribution in [2.75, 3.05) is 32.7 Å². The molecular weight excluding hydrogens is 256 g/mol. The van der Waals surface area contributed by atoms with Crippen molar-refractivity contribution in [3.63, 3.8) is 0 Å². The van der Waals surface area contributed by atoms with Gasteiger partial charge in [-0.25, -0.2) is 0 Å². The molecule has 2 rings (SSSR count). The zero-order valence-electron chi connectivity index (χ0n) is 15.0. The third-order valence-corrected chi connectivity index (χ3v) is 5.82. The summed E-state index contributed by atoms with van der Waals surface area (Å²) in [6.45, 7) is 15.9. The van der Waals surface area contributed by atoms with Gasteiger partial charge in [-0.3, -0.25) is 0 Å². The number of rotatable bonds is 6. The van der Waals surface area contributed by atoms with Crippen molar-refractivity contribution in [3.8, 4) is 0 Å². The first kappa shape index (κ1) is 17.3. The smallest absolute Gasteiger partial charge is 0.00501 e. The standard InChI is InChI=1S/C19H38N2/c1-16(2)13-20-14-19(9-5-17(3)6-10-19)15-21-11-7-18(4)8-12-21/h16-18,20H,5-15H2,1-4H3. The molecule has 0 radical (unpaired) electrons. The first-order chi connectivity index (χ1) is 9.99. The summed E-state index contributed by atoms with van der Waals surface area (Å²) >= 11 is 0. The molecule has 0 amide bonds. The predicted octanol–water partition coefficient (Wildman–Crippen LogP) is 4.16. The maximum atomic E-state index is 3.78. The molecule has 0 unspecified atom stereocenters. The van der Waals surface area contributed by atoms with Crippen LogP contribution in [0.4, 0.5) is 0 Å². The number of piperidine rings is 1. The van der Waals surface area contributed by atoms with E-state index in [1.807, 2.05) is 0 Å². The molecule has 2 nitrogen and oxygen atoms in total. The van der Waals surface area contributed by atoms with Crippen LogP contribution in [0.15, 0.2) is 0 Å². The Balaban J connectivity index is 1.88. The van der Waals surface area contributed by atoms with E-state index in [0.717, 1.165) is 17.8 Å². The van der Waals surface area contributed by atoms with Gasteiger partial charge in [0.05, 0.1) is 0 Å². The van der Waals surface area contributed by atoms with Gasteiger partial charge in [0.25, 0.3) is 0 Å². The minimum atomic E-state index is 0.558. The normalized spacial score (nSPS) is 32.7. The summed E-state index contributed by atoms with van der Waals surface area (Å²) in [5.41, 5.74) is 0.558. The fraction of sp³-hybridized carbons (Fsp3) is 1.00. The van der Waals surface area contributed by atoms with Crippen LogP contribution in [0.1, 0.15) is 66.2 Å². The molecule has 0 aromatic rings. The van der Waals surface area contributed by atoms with Gasteiger partial charge in [-0.1, -0.05) is 40.5 Å². The van der Waals surface area contributed by atoms with Gasteiger partial charge >= 0.3 is 0 Å². The topological polar surface area (TPSA) is 15.3 Å². The van der Waals surface area contributed by atoms with Crippen LogP contribution in [0.25, 0.3) is 0 Å². The monoisotopic (exact) mass is 294 g/mol. The van der Waals surface area contributed by atoms with Gasteiger partial charge in [-0.2, -0.15) is 0 Å². The highest BCUT2D eigenvalue weighted by molar-refractivity contribution is 4.90. The molecule has 1 aliphatic heterocycles. The Morgan fingerprint density at radius 3 is 2.14 bits per heavy atom. The molecule has 0 aromatic carbocycles. The molecule has 1 N–H and O–H groups in total. The molecule has 2 heteroatoms. The van der Waals surface area contributed by atoms with Crippen molar-refractivity contribution in [2.45, 2.75) is 66.2 Å². The van der Waals surface area contributed by atoms with Crippen LogP contribution < -0.4 is 5.32 Å². The van der Waals surface area contributed by atoms with Crippen molar-refractivity contribution in [3.05, 3.63) is 0 Å². The van der Waals surface area contributed by atoms with Gasteiger partial charge in [0.1, 0.15) is 0 Å². The molecule has 0 spiro atoms. The second-order valence-corrected chi connectivity index (χ2v) is 8.67. The quantitative estimate of drug-likeness (QED) is 0.791. The van der Waals surface area contributed by atoms with Crippen LogP contribution in [0.2, 0.25) is 0 Å². The average molecular weight is 295 g/mol. The van der Waals surface area contributed by atoms with Crippen LogP contribution in [0.5, 0.6) is 0 Å². The zero-order chi connectivity index (χ0) is 15.3. The summed E-state index contributed by atoms with van der Waals surface area (Å²) in [7, 11) is 0. The second kappa shape index (κ2) is 7.97. The summed E-state index contributed by atoms with van der Waals surface area (Å²) in [4.78, 5) is 2.77. The molecule has 1 saturated carbocycles. The SMILES string of the molecule is CC(C)CNCC1(CN2CCC(C)CC2)CCC(C)CC1. The summed E-state index contributed by atoms with van der Waals surface area (Å²) in [6, 6.07) is 0. The first-order valence-electron chi connectivity index (χ1n) is 9.42. The van der Waals surface area contributed by atoms with E-state index in [2.05, 4.69) is 37.9 Å². The summed E-state index contributed by atoms with van der Waals surface area (Å²) < 4.78 is 0. The molecule has 2 aliphatic rings. The highest BCUT2D eigenvalue weighted by Gasteiger charge is 2.36. The Morgan fingerprint density at radius 1 is 1.00 bits per heavy atom. The fourth-order valence-electron chi connectivity index (χ4n) is 4.09. The Kier molecular flexibility index (Phi) is 6.55. The molecule has 21 heavy (non-hydrogen) atoms. The van der Waals surface area contributed by atoms with Gasteiger partial charge in [0.2, 0.25) is 0 Å². The lowest BCUT2D eigenvalue weighted by atomic mass is 9.70. The molecule has 0 atom stereocenters. The van der Waals surface area contributed by atoms with E-state index >= 15 is 0 Å². The summed E-state index contributed by atoms with van der Waals surface area (Å²) in [6.07, 6.45) is 8.57. The third-order valence-electron chi connectivity index (χ3n) is 5.82. The van der Waals surface area contributed by atoms with E-state index in [1.165, 1.54) is 71.2 Å². The number of likely N-dealkylation sites (tertiary alicyclic amines) is 1. The van der Waals surface area contributed by atoms with Crippen molar-refractivity contribution >= 4 is 0 Å². The zero-order valence-corrected chi connectivity index (χ0v) is 15.0. The Labute approximate surface area is 133 Å². The van der Waals surface area contributed by atoms with Crippen LogP contribution in [-0.2, 0) is 0 Å².